The molecular formula is C23H17ClN4O3S2. The minimum atomic E-state index is -0.232. The van der Waals surface area contributed by atoms with Gasteiger partial charge in [0.15, 0.2) is 10.1 Å². The number of aryl methyl sites for hydroxylation is 1. The Morgan fingerprint density at radius 3 is 2.79 bits per heavy atom. The lowest BCUT2D eigenvalue weighted by Gasteiger charge is -2.16. The van der Waals surface area contributed by atoms with E-state index in [1.807, 2.05) is 30.5 Å². The maximum Gasteiger partial charge on any atom is 0.266 e. The summed E-state index contributed by atoms with van der Waals surface area (Å²) in [7, 11) is 1.56. The third-order valence-corrected chi connectivity index (χ3v) is 7.05. The zero-order chi connectivity index (χ0) is 23.1. The Kier molecular flexibility index (Phi) is 5.69. The smallest absolute Gasteiger partial charge is 0.266 e. The van der Waals surface area contributed by atoms with Gasteiger partial charge in [0.25, 0.3) is 11.1 Å². The van der Waals surface area contributed by atoms with Gasteiger partial charge in [0.05, 0.1) is 29.4 Å². The van der Waals surface area contributed by atoms with E-state index in [9.17, 15) is 9.59 Å². The number of thiazole rings is 1. The maximum atomic E-state index is 13.6. The van der Waals surface area contributed by atoms with E-state index < -0.39 is 0 Å². The third kappa shape index (κ3) is 4.03. The zero-order valence-electron chi connectivity index (χ0n) is 17.6. The molecule has 10 heteroatoms. The highest BCUT2D eigenvalue weighted by molar-refractivity contribution is 7.98. The van der Waals surface area contributed by atoms with Crippen LogP contribution in [0, 0.1) is 6.92 Å². The van der Waals surface area contributed by atoms with Crippen LogP contribution in [0.5, 0.6) is 5.75 Å². The molecule has 3 heterocycles. The normalized spacial score (nSPS) is 11.4. The molecule has 5 aromatic rings. The average molecular weight is 497 g/mol. The number of nitrogens with zero attached hydrogens (tertiary/aromatic N) is 4. The van der Waals surface area contributed by atoms with Crippen LogP contribution in [0.1, 0.15) is 11.3 Å². The first kappa shape index (κ1) is 21.7. The second-order valence-electron chi connectivity index (χ2n) is 7.30. The highest BCUT2D eigenvalue weighted by atomic mass is 35.5. The van der Waals surface area contributed by atoms with Crippen molar-refractivity contribution in [2.75, 3.05) is 7.11 Å². The van der Waals surface area contributed by atoms with Gasteiger partial charge in [-0.1, -0.05) is 29.4 Å². The summed E-state index contributed by atoms with van der Waals surface area (Å²) in [6.07, 6.45) is 1.70. The molecule has 0 aliphatic rings. The molecule has 3 aromatic heterocycles. The molecule has 0 fully saturated rings. The molecule has 7 nitrogen and oxygen atoms in total. The van der Waals surface area contributed by atoms with Gasteiger partial charge in [-0.15, -0.1) is 11.3 Å². The van der Waals surface area contributed by atoms with Crippen LogP contribution in [-0.2, 0) is 5.75 Å². The molecule has 166 valence electrons. The van der Waals surface area contributed by atoms with E-state index in [4.69, 9.17) is 21.3 Å². The Hall–Kier alpha value is -3.14. The molecule has 0 atom stereocenters. The van der Waals surface area contributed by atoms with Crippen molar-refractivity contribution in [3.05, 3.63) is 91.0 Å². The molecular weight excluding hydrogens is 480 g/mol. The van der Waals surface area contributed by atoms with Crippen LogP contribution in [0.25, 0.3) is 21.6 Å². The van der Waals surface area contributed by atoms with Crippen LogP contribution < -0.4 is 15.9 Å². The van der Waals surface area contributed by atoms with Crippen LogP contribution in [0.3, 0.4) is 0 Å². The molecule has 0 N–H and O–H groups in total. The monoisotopic (exact) mass is 496 g/mol. The quantitative estimate of drug-likeness (QED) is 0.259. The minimum Gasteiger partial charge on any atom is -0.495 e. The van der Waals surface area contributed by atoms with Gasteiger partial charge in [-0.3, -0.25) is 18.6 Å². The number of methoxy groups -OCH3 is 1. The highest BCUT2D eigenvalue weighted by Crippen LogP contribution is 2.30. The molecule has 0 amide bonds. The second-order valence-corrected chi connectivity index (χ2v) is 9.55. The summed E-state index contributed by atoms with van der Waals surface area (Å²) in [5.74, 6) is 0.909. The van der Waals surface area contributed by atoms with Crippen LogP contribution in [0.15, 0.2) is 68.8 Å². The maximum absolute atomic E-state index is 13.6. The first-order chi connectivity index (χ1) is 15.9. The largest absolute Gasteiger partial charge is 0.495 e. The number of aromatic nitrogens is 4. The molecule has 5 rings (SSSR count). The van der Waals surface area contributed by atoms with Crippen LogP contribution in [-0.4, -0.2) is 26.0 Å². The summed E-state index contributed by atoms with van der Waals surface area (Å²) in [4.78, 5) is 35.9. The Balaban J connectivity index is 1.68. The fourth-order valence-electron chi connectivity index (χ4n) is 3.52. The first-order valence-electron chi connectivity index (χ1n) is 9.90. The highest BCUT2D eigenvalue weighted by Gasteiger charge is 2.18. The standard InChI is InChI=1S/C23H17ClN4O3S2/c1-13-3-6-19(31-2)18(9-13)28-21(30)16-5-4-14(24)10-17(16)26-23(28)33-12-15-11-20(29)27-7-8-32-22(27)25-15/h3-11H,12H2,1-2H3. The summed E-state index contributed by atoms with van der Waals surface area (Å²) in [6.45, 7) is 1.95. The summed E-state index contributed by atoms with van der Waals surface area (Å²) < 4.78 is 8.59. The van der Waals surface area contributed by atoms with Crippen molar-refractivity contribution in [3.63, 3.8) is 0 Å². The van der Waals surface area contributed by atoms with Crippen molar-refractivity contribution in [2.45, 2.75) is 17.8 Å². The molecule has 0 spiro atoms. The molecule has 0 aliphatic carbocycles. The molecule has 0 saturated carbocycles. The van der Waals surface area contributed by atoms with Gasteiger partial charge < -0.3 is 4.74 Å². The lowest BCUT2D eigenvalue weighted by molar-refractivity contribution is 0.411. The number of benzene rings is 2. The van der Waals surface area contributed by atoms with Crippen LogP contribution in [0.4, 0.5) is 0 Å². The number of hydrogen-bond donors (Lipinski definition) is 0. The van der Waals surface area contributed by atoms with Gasteiger partial charge in [0.2, 0.25) is 0 Å². The molecule has 2 aromatic carbocycles. The molecule has 0 unspecified atom stereocenters. The van der Waals surface area contributed by atoms with Crippen molar-refractivity contribution in [2.24, 2.45) is 0 Å². The van der Waals surface area contributed by atoms with Gasteiger partial charge in [-0.05, 0) is 42.8 Å². The Labute approximate surface area is 201 Å². The van der Waals surface area contributed by atoms with Crippen molar-refractivity contribution in [1.29, 1.82) is 0 Å². The molecule has 0 bridgehead atoms. The Morgan fingerprint density at radius 1 is 1.12 bits per heavy atom. The number of halogens is 1. The fourth-order valence-corrected chi connectivity index (χ4v) is 5.33. The molecule has 0 aliphatic heterocycles. The lowest BCUT2D eigenvalue weighted by atomic mass is 10.2. The van der Waals surface area contributed by atoms with E-state index in [-0.39, 0.29) is 11.1 Å². The summed E-state index contributed by atoms with van der Waals surface area (Å²) >= 11 is 8.87. The predicted octanol–water partition coefficient (Wildman–Crippen LogP) is 4.72. The lowest BCUT2D eigenvalue weighted by Crippen LogP contribution is -2.22. The van der Waals surface area contributed by atoms with E-state index >= 15 is 0 Å². The van der Waals surface area contributed by atoms with E-state index in [1.165, 1.54) is 33.6 Å². The van der Waals surface area contributed by atoms with Crippen molar-refractivity contribution in [1.82, 2.24) is 18.9 Å². The van der Waals surface area contributed by atoms with E-state index in [1.54, 1.807) is 36.1 Å². The second kappa shape index (κ2) is 8.66. The van der Waals surface area contributed by atoms with Gasteiger partial charge in [0, 0.05) is 28.4 Å². The number of rotatable bonds is 5. The van der Waals surface area contributed by atoms with Crippen molar-refractivity contribution >= 4 is 50.6 Å². The fraction of sp³-hybridized carbons (Fsp3) is 0.130. The SMILES string of the molecule is COc1ccc(C)cc1-n1c(SCc2cc(=O)n3ccsc3n2)nc2cc(Cl)ccc2c1=O. The number of fused-ring (bicyclic) bond motifs is 2. The predicted molar refractivity (Wildman–Crippen MR) is 133 cm³/mol. The molecule has 0 radical (unpaired) electrons. The number of thioether (sulfide) groups is 1. The summed E-state index contributed by atoms with van der Waals surface area (Å²) in [6, 6.07) is 12.1. The average Bonchev–Trinajstić information content (AvgIpc) is 3.27. The van der Waals surface area contributed by atoms with Crippen LogP contribution in [0.2, 0.25) is 5.02 Å². The zero-order valence-corrected chi connectivity index (χ0v) is 20.0. The molecule has 0 saturated heterocycles. The topological polar surface area (TPSA) is 78.5 Å². The van der Waals surface area contributed by atoms with Gasteiger partial charge >= 0.3 is 0 Å². The minimum absolute atomic E-state index is 0.146. The Morgan fingerprint density at radius 2 is 1.97 bits per heavy atom. The van der Waals surface area contributed by atoms with Gasteiger partial charge in [-0.25, -0.2) is 9.97 Å². The summed E-state index contributed by atoms with van der Waals surface area (Å²) in [5.41, 5.74) is 2.30. The van der Waals surface area contributed by atoms with Crippen molar-refractivity contribution < 1.29 is 4.74 Å². The van der Waals surface area contributed by atoms with Crippen molar-refractivity contribution in [3.8, 4) is 11.4 Å². The third-order valence-electron chi connectivity index (χ3n) is 5.08. The van der Waals surface area contributed by atoms with Gasteiger partial charge in [-0.2, -0.15) is 0 Å². The molecule has 33 heavy (non-hydrogen) atoms. The van der Waals surface area contributed by atoms with E-state index in [2.05, 4.69) is 4.98 Å². The summed E-state index contributed by atoms with van der Waals surface area (Å²) in [5, 5.41) is 3.21. The van der Waals surface area contributed by atoms with Gasteiger partial charge in [0.1, 0.15) is 5.75 Å². The number of hydrogen-bond acceptors (Lipinski definition) is 7. The van der Waals surface area contributed by atoms with E-state index in [0.717, 1.165) is 5.56 Å². The number of ether oxygens (including phenoxy) is 1. The first-order valence-corrected chi connectivity index (χ1v) is 12.1. The Bertz CT molecular complexity index is 1640. The van der Waals surface area contributed by atoms with E-state index in [0.29, 0.717) is 48.9 Å². The van der Waals surface area contributed by atoms with Crippen LogP contribution >= 0.6 is 34.7 Å².